The summed E-state index contributed by atoms with van der Waals surface area (Å²) in [6.45, 7) is 2.26. The van der Waals surface area contributed by atoms with Crippen LogP contribution in [0.1, 0.15) is 28.9 Å². The van der Waals surface area contributed by atoms with Crippen LogP contribution in [0.4, 0.5) is 14.6 Å². The van der Waals surface area contributed by atoms with Crippen LogP contribution in [0.15, 0.2) is 33.8 Å². The highest BCUT2D eigenvalue weighted by Crippen LogP contribution is 2.34. The summed E-state index contributed by atoms with van der Waals surface area (Å²) in [5.74, 6) is 0.437. The number of fused-ring (bicyclic) bond motifs is 1. The third kappa shape index (κ3) is 3.62. The van der Waals surface area contributed by atoms with Gasteiger partial charge in [-0.2, -0.15) is 14.9 Å². The molecule has 4 rings (SSSR count). The van der Waals surface area contributed by atoms with E-state index in [0.717, 1.165) is 6.34 Å². The van der Waals surface area contributed by atoms with Crippen molar-refractivity contribution in [1.29, 1.82) is 10.7 Å². The minimum atomic E-state index is -2.94. The van der Waals surface area contributed by atoms with Gasteiger partial charge in [-0.05, 0) is 25.2 Å². The lowest BCUT2D eigenvalue weighted by Crippen LogP contribution is -2.52. The summed E-state index contributed by atoms with van der Waals surface area (Å²) >= 11 is 6.05. The van der Waals surface area contributed by atoms with E-state index in [0.29, 0.717) is 33.4 Å². The number of halogens is 3. The summed E-state index contributed by atoms with van der Waals surface area (Å²) in [7, 11) is 0. The van der Waals surface area contributed by atoms with Gasteiger partial charge in [0.2, 0.25) is 0 Å². The summed E-state index contributed by atoms with van der Waals surface area (Å²) in [5.41, 5.74) is 1.24. The van der Waals surface area contributed by atoms with Crippen molar-refractivity contribution < 1.29 is 13.9 Å². The predicted molar refractivity (Wildman–Crippen MR) is 113 cm³/mol. The molecule has 2 aliphatic rings. The van der Waals surface area contributed by atoms with Crippen molar-refractivity contribution in [2.75, 3.05) is 18.0 Å². The molecule has 0 atom stereocenters. The monoisotopic (exact) mass is 443 g/mol. The van der Waals surface area contributed by atoms with Crippen molar-refractivity contribution in [2.24, 2.45) is 4.99 Å². The van der Waals surface area contributed by atoms with Gasteiger partial charge in [0.05, 0.1) is 17.5 Å². The normalized spacial score (nSPS) is 19.3. The second-order valence-corrected chi connectivity index (χ2v) is 7.44. The number of β-amino-alcohol motifs (C(OH)–C–C–N with tert-alkyl or cyclic N) is 1. The molecule has 2 aromatic rings. The van der Waals surface area contributed by atoms with Crippen molar-refractivity contribution in [1.82, 2.24) is 14.6 Å². The molecule has 1 fully saturated rings. The van der Waals surface area contributed by atoms with Crippen LogP contribution < -0.4 is 4.90 Å². The lowest BCUT2D eigenvalue weighted by Gasteiger charge is -2.38. The van der Waals surface area contributed by atoms with Gasteiger partial charge in [0.1, 0.15) is 29.5 Å². The fourth-order valence-corrected chi connectivity index (χ4v) is 3.68. The zero-order chi connectivity index (χ0) is 22.3. The molecule has 0 radical (unpaired) electrons. The lowest BCUT2D eigenvalue weighted by atomic mass is 10.0. The minimum absolute atomic E-state index is 0.0318. The van der Waals surface area contributed by atoms with E-state index in [9.17, 15) is 19.1 Å². The number of alkyl halides is 2. The Morgan fingerprint density at radius 2 is 2.16 bits per heavy atom. The van der Waals surface area contributed by atoms with E-state index in [1.165, 1.54) is 4.52 Å². The van der Waals surface area contributed by atoms with Crippen molar-refractivity contribution in [3.8, 4) is 6.07 Å². The van der Waals surface area contributed by atoms with E-state index in [-0.39, 0.29) is 24.3 Å². The molecule has 8 nitrogen and oxygen atoms in total. The first kappa shape index (κ1) is 20.8. The molecule has 0 spiro atoms. The van der Waals surface area contributed by atoms with Crippen LogP contribution in [0.3, 0.4) is 0 Å². The molecule has 11 heteroatoms. The Hall–Kier alpha value is -3.42. The van der Waals surface area contributed by atoms with Crippen LogP contribution in [0.2, 0.25) is 0 Å². The third-order valence-corrected chi connectivity index (χ3v) is 5.20. The summed E-state index contributed by atoms with van der Waals surface area (Å²) in [6.07, 6.45) is 4.13. The smallest absolute Gasteiger partial charge is 0.283 e. The standard InChI is InChI=1S/C20H16ClF2N7O/c1-10-14(4-11-2-3-12(21)5-16(11)26-9-25)20(29-7-13(31)8-29)30-19(27-10)15(6-24)17(28-30)18(22)23/h2-5,9,13,18,25,31H,7-8H2,1H3/b11-4+,25-9?,26-16?. The average molecular weight is 444 g/mol. The molecular formula is C20H16ClF2N7O. The fraction of sp³-hybridized carbons (Fsp3) is 0.250. The van der Waals surface area contributed by atoms with Gasteiger partial charge >= 0.3 is 0 Å². The zero-order valence-corrected chi connectivity index (χ0v) is 17.0. The number of hydrogen-bond acceptors (Lipinski definition) is 6. The zero-order valence-electron chi connectivity index (χ0n) is 16.2. The molecule has 0 bridgehead atoms. The first-order chi connectivity index (χ1) is 14.8. The number of aliphatic imine (C=N–C) groups is 1. The maximum atomic E-state index is 13.5. The largest absolute Gasteiger partial charge is 0.389 e. The van der Waals surface area contributed by atoms with Crippen molar-refractivity contribution >= 4 is 41.2 Å². The number of nitrogens with one attached hydrogen (secondary N) is 1. The van der Waals surface area contributed by atoms with E-state index in [2.05, 4.69) is 15.1 Å². The van der Waals surface area contributed by atoms with Crippen LogP contribution >= 0.6 is 11.6 Å². The molecule has 0 amide bonds. The highest BCUT2D eigenvalue weighted by atomic mass is 35.5. The maximum absolute atomic E-state index is 13.5. The van der Waals surface area contributed by atoms with Gasteiger partial charge in [-0.1, -0.05) is 17.7 Å². The van der Waals surface area contributed by atoms with Crippen LogP contribution in [0.5, 0.6) is 0 Å². The van der Waals surface area contributed by atoms with Crippen LogP contribution in [0.25, 0.3) is 11.7 Å². The number of nitrogens with zero attached hydrogens (tertiary/aromatic N) is 6. The van der Waals surface area contributed by atoms with E-state index in [1.807, 2.05) is 0 Å². The van der Waals surface area contributed by atoms with Crippen molar-refractivity contribution in [3.05, 3.63) is 51.3 Å². The Labute approximate surface area is 180 Å². The number of allylic oxidation sites excluding steroid dienone is 5. The van der Waals surface area contributed by atoms with E-state index < -0.39 is 18.2 Å². The van der Waals surface area contributed by atoms with Gasteiger partial charge in [-0.25, -0.2) is 18.8 Å². The Bertz CT molecular complexity index is 1250. The third-order valence-electron chi connectivity index (χ3n) is 4.97. The molecule has 0 aromatic carbocycles. The molecular weight excluding hydrogens is 428 g/mol. The van der Waals surface area contributed by atoms with Crippen LogP contribution in [0, 0.1) is 23.7 Å². The highest BCUT2D eigenvalue weighted by molar-refractivity contribution is 6.35. The number of anilines is 1. The number of aryl methyl sites for hydroxylation is 1. The Morgan fingerprint density at radius 3 is 2.77 bits per heavy atom. The average Bonchev–Trinajstić information content (AvgIpc) is 3.06. The second kappa shape index (κ2) is 8.02. The molecule has 158 valence electrons. The van der Waals surface area contributed by atoms with Gasteiger partial charge in [-0.15, -0.1) is 0 Å². The lowest BCUT2D eigenvalue weighted by molar-refractivity contribution is 0.139. The van der Waals surface area contributed by atoms with Crippen LogP contribution in [-0.2, 0) is 0 Å². The number of aliphatic hydroxyl groups excluding tert-OH is 1. The van der Waals surface area contributed by atoms with Gasteiger partial charge in [-0.3, -0.25) is 5.41 Å². The number of nitriles is 1. The number of aliphatic hydroxyl groups is 1. The predicted octanol–water partition coefficient (Wildman–Crippen LogP) is 3.15. The van der Waals surface area contributed by atoms with Gasteiger partial charge in [0.25, 0.3) is 6.43 Å². The molecule has 2 aromatic heterocycles. The van der Waals surface area contributed by atoms with E-state index in [4.69, 9.17) is 17.0 Å². The first-order valence-electron chi connectivity index (χ1n) is 9.22. The highest BCUT2D eigenvalue weighted by Gasteiger charge is 2.32. The Morgan fingerprint density at radius 1 is 1.42 bits per heavy atom. The minimum Gasteiger partial charge on any atom is -0.389 e. The maximum Gasteiger partial charge on any atom is 0.283 e. The molecule has 2 N–H and O–H groups in total. The topological polar surface area (TPSA) is 114 Å². The second-order valence-electron chi connectivity index (χ2n) is 7.01. The number of rotatable bonds is 4. The molecule has 0 unspecified atom stereocenters. The fourth-order valence-electron chi connectivity index (χ4n) is 3.51. The summed E-state index contributed by atoms with van der Waals surface area (Å²) < 4.78 is 28.2. The first-order valence-corrected chi connectivity index (χ1v) is 9.60. The van der Waals surface area contributed by atoms with E-state index in [1.54, 1.807) is 42.2 Å². The molecule has 1 aliphatic carbocycles. The van der Waals surface area contributed by atoms with E-state index >= 15 is 0 Å². The SMILES string of the molecule is Cc1nc2c(C#N)c(C(F)F)nn2c(N2CC(O)C2)c1/C=C1\C=CC(Cl)=CC1=NC=N. The quantitative estimate of drug-likeness (QED) is 0.556. The molecule has 0 saturated carbocycles. The Balaban J connectivity index is 2.00. The van der Waals surface area contributed by atoms with Gasteiger partial charge < -0.3 is 10.0 Å². The van der Waals surface area contributed by atoms with Crippen molar-refractivity contribution in [2.45, 2.75) is 19.5 Å². The van der Waals surface area contributed by atoms with Crippen molar-refractivity contribution in [3.63, 3.8) is 0 Å². The molecule has 1 aliphatic heterocycles. The molecule has 31 heavy (non-hydrogen) atoms. The number of hydrogen-bond donors (Lipinski definition) is 2. The van der Waals surface area contributed by atoms with Crippen LogP contribution in [-0.4, -0.2) is 50.9 Å². The number of aromatic nitrogens is 3. The summed E-state index contributed by atoms with van der Waals surface area (Å²) in [4.78, 5) is 10.2. The summed E-state index contributed by atoms with van der Waals surface area (Å²) in [6, 6.07) is 1.78. The molecule has 3 heterocycles. The molecule has 1 saturated heterocycles. The van der Waals surface area contributed by atoms with Gasteiger partial charge in [0, 0.05) is 29.3 Å². The van der Waals surface area contributed by atoms with Gasteiger partial charge in [0.15, 0.2) is 5.65 Å². The Kier molecular flexibility index (Phi) is 5.39. The summed E-state index contributed by atoms with van der Waals surface area (Å²) in [5, 5.41) is 31.0.